The van der Waals surface area contributed by atoms with E-state index in [9.17, 15) is 9.00 Å². The number of ether oxygens (including phenoxy) is 1. The largest absolute Gasteiger partial charge is 0.469 e. The molecule has 1 unspecified atom stereocenters. The molecule has 0 aromatic heterocycles. The van der Waals surface area contributed by atoms with Gasteiger partial charge in [-0.1, -0.05) is 54.1 Å². The van der Waals surface area contributed by atoms with Crippen LogP contribution in [-0.2, 0) is 20.5 Å². The number of aryl methyl sites for hydroxylation is 1. The quantitative estimate of drug-likeness (QED) is 0.620. The minimum Gasteiger partial charge on any atom is -0.469 e. The second-order valence-corrected chi connectivity index (χ2v) is 6.62. The molecule has 0 aliphatic carbocycles. The number of hydrogen-bond acceptors (Lipinski definition) is 3. The summed E-state index contributed by atoms with van der Waals surface area (Å²) in [5.74, 6) is -1.07. The molecule has 2 rings (SSSR count). The molecule has 0 heterocycles. The maximum atomic E-state index is 12.7. The van der Waals surface area contributed by atoms with E-state index in [-0.39, 0.29) is 0 Å². The van der Waals surface area contributed by atoms with Gasteiger partial charge in [0.2, 0.25) is 0 Å². The highest BCUT2D eigenvalue weighted by Crippen LogP contribution is 2.25. The number of benzene rings is 2. The number of esters is 1. The highest BCUT2D eigenvalue weighted by Gasteiger charge is 2.29. The fraction of sp³-hybridized carbons (Fsp3) is 0.211. The van der Waals surface area contributed by atoms with Crippen LogP contribution in [0.1, 0.15) is 17.2 Å². The van der Waals surface area contributed by atoms with Crippen molar-refractivity contribution in [3.8, 4) is 0 Å². The summed E-state index contributed by atoms with van der Waals surface area (Å²) in [5.41, 5.74) is 1.93. The van der Waals surface area contributed by atoms with Crippen molar-refractivity contribution >= 4 is 17.0 Å². The van der Waals surface area contributed by atoms with Gasteiger partial charge >= 0.3 is 5.97 Å². The Labute approximate surface area is 145 Å². The summed E-state index contributed by atoms with van der Waals surface area (Å²) in [7, 11) is -0.137. The average molecular weight is 343 g/mol. The Morgan fingerprint density at radius 1 is 1.17 bits per heavy atom. The average Bonchev–Trinajstić information content (AvgIpc) is 2.62. The molecule has 126 valence electrons. The third-order valence-electron chi connectivity index (χ3n) is 3.71. The van der Waals surface area contributed by atoms with E-state index in [1.165, 1.54) is 13.2 Å². The Morgan fingerprint density at radius 2 is 1.79 bits per heavy atom. The van der Waals surface area contributed by atoms with Crippen molar-refractivity contribution in [2.75, 3.05) is 7.11 Å². The van der Waals surface area contributed by atoms with Gasteiger partial charge in [-0.25, -0.2) is 8.93 Å². The highest BCUT2D eigenvalue weighted by molar-refractivity contribution is 7.83. The molecule has 0 aliphatic heterocycles. The van der Waals surface area contributed by atoms with Gasteiger partial charge in [-0.15, -0.1) is 6.58 Å². The van der Waals surface area contributed by atoms with Crippen LogP contribution in [0.5, 0.6) is 0 Å². The molecule has 0 aliphatic rings. The molecule has 0 spiro atoms. The number of carbonyl (C=O) groups excluding carboxylic acids is 1. The molecular weight excluding hydrogens is 322 g/mol. The maximum Gasteiger partial charge on any atom is 0.314 e. The van der Waals surface area contributed by atoms with E-state index < -0.39 is 28.9 Å². The monoisotopic (exact) mass is 343 g/mol. The zero-order chi connectivity index (χ0) is 17.5. The molecule has 2 aromatic rings. The van der Waals surface area contributed by atoms with Crippen molar-refractivity contribution in [1.82, 2.24) is 4.72 Å². The van der Waals surface area contributed by atoms with Crippen LogP contribution >= 0.6 is 0 Å². The maximum absolute atomic E-state index is 12.7. The smallest absolute Gasteiger partial charge is 0.314 e. The molecule has 1 N–H and O–H groups in total. The molecule has 0 saturated heterocycles. The second-order valence-electron chi connectivity index (χ2n) is 5.37. The Kier molecular flexibility index (Phi) is 6.46. The summed E-state index contributed by atoms with van der Waals surface area (Å²) in [5, 5.41) is 0. The van der Waals surface area contributed by atoms with E-state index in [0.29, 0.717) is 4.90 Å². The Bertz CT molecular complexity index is 713. The molecule has 2 aromatic carbocycles. The first-order valence-corrected chi connectivity index (χ1v) is 8.71. The topological polar surface area (TPSA) is 55.4 Å². The molecule has 24 heavy (non-hydrogen) atoms. The lowest BCUT2D eigenvalue weighted by atomic mass is 9.94. The third kappa shape index (κ3) is 4.40. The summed E-state index contributed by atoms with van der Waals surface area (Å²) in [4.78, 5) is 12.7. The summed E-state index contributed by atoms with van der Waals surface area (Å²) >= 11 is 0. The second kappa shape index (κ2) is 8.57. The van der Waals surface area contributed by atoms with Crippen molar-refractivity contribution in [2.45, 2.75) is 17.9 Å². The Hall–Kier alpha value is -2.24. The molecule has 4 nitrogen and oxygen atoms in total. The van der Waals surface area contributed by atoms with Crippen LogP contribution in [0.2, 0.25) is 0 Å². The summed E-state index contributed by atoms with van der Waals surface area (Å²) < 4.78 is 20.6. The van der Waals surface area contributed by atoms with Gasteiger partial charge in [-0.05, 0) is 24.6 Å². The first-order valence-electron chi connectivity index (χ1n) is 7.56. The zero-order valence-electron chi connectivity index (χ0n) is 13.8. The molecule has 3 atom stereocenters. The lowest BCUT2D eigenvalue weighted by Crippen LogP contribution is -2.33. The van der Waals surface area contributed by atoms with Gasteiger partial charge in [-0.3, -0.25) is 4.79 Å². The van der Waals surface area contributed by atoms with Gasteiger partial charge in [0.15, 0.2) is 0 Å². The predicted molar refractivity (Wildman–Crippen MR) is 95.6 cm³/mol. The molecule has 0 amide bonds. The van der Waals surface area contributed by atoms with E-state index >= 15 is 0 Å². The summed E-state index contributed by atoms with van der Waals surface area (Å²) in [6.07, 6.45) is 1.52. The van der Waals surface area contributed by atoms with Gasteiger partial charge in [-0.2, -0.15) is 0 Å². The van der Waals surface area contributed by atoms with Crippen LogP contribution in [-0.4, -0.2) is 17.3 Å². The SMILES string of the molecule is C=C[C@H](C(=O)OC)[C@@H](NS(=O)c1ccc(C)cc1)c1ccccc1. The first kappa shape index (κ1) is 18.1. The van der Waals surface area contributed by atoms with E-state index in [2.05, 4.69) is 11.3 Å². The predicted octanol–water partition coefficient (Wildman–Crippen LogP) is 3.32. The fourth-order valence-corrected chi connectivity index (χ4v) is 3.39. The summed E-state index contributed by atoms with van der Waals surface area (Å²) in [6, 6.07) is 16.3. The van der Waals surface area contributed by atoms with Gasteiger partial charge < -0.3 is 4.74 Å². The normalized spacial score (nSPS) is 14.4. The summed E-state index contributed by atoms with van der Waals surface area (Å²) in [6.45, 7) is 5.70. The number of carbonyl (C=O) groups is 1. The lowest BCUT2D eigenvalue weighted by molar-refractivity contribution is -0.144. The van der Waals surface area contributed by atoms with Crippen molar-refractivity contribution in [3.05, 3.63) is 78.4 Å². The van der Waals surface area contributed by atoms with E-state index in [4.69, 9.17) is 4.74 Å². The van der Waals surface area contributed by atoms with Gasteiger partial charge in [0.1, 0.15) is 11.0 Å². The van der Waals surface area contributed by atoms with Crippen LogP contribution in [0.15, 0.2) is 72.1 Å². The van der Waals surface area contributed by atoms with Crippen LogP contribution in [0, 0.1) is 12.8 Å². The van der Waals surface area contributed by atoms with Crippen molar-refractivity contribution in [1.29, 1.82) is 0 Å². The van der Waals surface area contributed by atoms with Crippen LogP contribution in [0.4, 0.5) is 0 Å². The molecule has 0 bridgehead atoms. The van der Waals surface area contributed by atoms with Gasteiger partial charge in [0.05, 0.1) is 24.0 Å². The number of methoxy groups -OCH3 is 1. The standard InChI is InChI=1S/C19H21NO3S/c1-4-17(19(21)23-3)18(15-8-6-5-7-9-15)20-24(22)16-12-10-14(2)11-13-16/h4-13,17-18,20H,1H2,2-3H3/t17-,18-,24?/m0/s1. The Balaban J connectivity index is 2.32. The van der Waals surface area contributed by atoms with Crippen LogP contribution in [0.25, 0.3) is 0 Å². The minimum absolute atomic E-state index is 0.424. The van der Waals surface area contributed by atoms with Crippen molar-refractivity contribution in [2.24, 2.45) is 5.92 Å². The van der Waals surface area contributed by atoms with Crippen molar-refractivity contribution < 1.29 is 13.7 Å². The number of hydrogen-bond donors (Lipinski definition) is 1. The minimum atomic E-state index is -1.47. The van der Waals surface area contributed by atoms with Gasteiger partial charge in [0.25, 0.3) is 0 Å². The molecular formula is C19H21NO3S. The molecule has 0 radical (unpaired) electrons. The van der Waals surface area contributed by atoms with E-state index in [0.717, 1.165) is 11.1 Å². The van der Waals surface area contributed by atoms with E-state index in [1.807, 2.05) is 61.5 Å². The molecule has 0 saturated carbocycles. The van der Waals surface area contributed by atoms with Crippen LogP contribution in [0.3, 0.4) is 0 Å². The fourth-order valence-electron chi connectivity index (χ4n) is 2.36. The molecule has 5 heteroatoms. The Morgan fingerprint density at radius 3 is 2.33 bits per heavy atom. The zero-order valence-corrected chi connectivity index (χ0v) is 14.6. The third-order valence-corrected chi connectivity index (χ3v) is 4.88. The van der Waals surface area contributed by atoms with E-state index in [1.54, 1.807) is 0 Å². The first-order chi connectivity index (χ1) is 11.6. The van der Waals surface area contributed by atoms with Crippen LogP contribution < -0.4 is 4.72 Å². The number of rotatable bonds is 7. The van der Waals surface area contributed by atoms with Gasteiger partial charge in [0, 0.05) is 0 Å². The number of nitrogens with one attached hydrogen (secondary N) is 1. The van der Waals surface area contributed by atoms with Crippen molar-refractivity contribution in [3.63, 3.8) is 0 Å². The molecule has 0 fully saturated rings. The lowest BCUT2D eigenvalue weighted by Gasteiger charge is -2.24. The highest BCUT2D eigenvalue weighted by atomic mass is 32.2.